The van der Waals surface area contributed by atoms with Crippen molar-refractivity contribution in [2.75, 3.05) is 0 Å². The number of halogens is 1. The standard InChI is InChI=1S/C10H10Cl/c1-2-3-4-9-5-7-10(11)8-6-9/h2-3,5-8H,1,4H2. The molecule has 0 unspecified atom stereocenters. The highest BCUT2D eigenvalue weighted by Crippen LogP contribution is 2.09. The molecule has 0 aliphatic rings. The summed E-state index contributed by atoms with van der Waals surface area (Å²) in [7, 11) is 0. The van der Waals surface area contributed by atoms with Crippen molar-refractivity contribution >= 4 is 11.6 Å². The van der Waals surface area contributed by atoms with Gasteiger partial charge in [0.2, 0.25) is 0 Å². The summed E-state index contributed by atoms with van der Waals surface area (Å²) in [6.45, 7) is 3.61. The van der Waals surface area contributed by atoms with Crippen LogP contribution in [0.3, 0.4) is 0 Å². The van der Waals surface area contributed by atoms with Crippen molar-refractivity contribution in [2.24, 2.45) is 0 Å². The fourth-order valence-electron chi connectivity index (χ4n) is 0.840. The van der Waals surface area contributed by atoms with Crippen molar-refractivity contribution in [2.45, 2.75) is 6.42 Å². The van der Waals surface area contributed by atoms with E-state index in [1.807, 2.05) is 30.3 Å². The number of rotatable bonds is 2. The van der Waals surface area contributed by atoms with Crippen molar-refractivity contribution in [1.82, 2.24) is 0 Å². The van der Waals surface area contributed by atoms with Crippen LogP contribution < -0.4 is 0 Å². The lowest BCUT2D eigenvalue weighted by Crippen LogP contribution is -1.78. The van der Waals surface area contributed by atoms with E-state index in [4.69, 9.17) is 11.6 Å². The highest BCUT2D eigenvalue weighted by Gasteiger charge is 1.88. The normalized spacial score (nSPS) is 10.7. The maximum absolute atomic E-state index is 5.72. The van der Waals surface area contributed by atoms with Gasteiger partial charge in [0.1, 0.15) is 0 Å². The number of hydrogen-bond acceptors (Lipinski definition) is 0. The van der Waals surface area contributed by atoms with Crippen molar-refractivity contribution in [3.8, 4) is 0 Å². The number of benzene rings is 1. The van der Waals surface area contributed by atoms with Crippen LogP contribution in [-0.4, -0.2) is 0 Å². The van der Waals surface area contributed by atoms with Gasteiger partial charge in [-0.1, -0.05) is 35.9 Å². The van der Waals surface area contributed by atoms with Gasteiger partial charge in [-0.15, -0.1) is 0 Å². The molecule has 0 aromatic heterocycles. The highest BCUT2D eigenvalue weighted by molar-refractivity contribution is 6.30. The summed E-state index contributed by atoms with van der Waals surface area (Å²) < 4.78 is 0. The van der Waals surface area contributed by atoms with Crippen LogP contribution in [0, 0.1) is 6.92 Å². The van der Waals surface area contributed by atoms with E-state index in [1.54, 1.807) is 6.08 Å². The predicted molar refractivity (Wildman–Crippen MR) is 49.7 cm³/mol. The van der Waals surface area contributed by atoms with Crippen LogP contribution in [0.2, 0.25) is 5.02 Å². The molecule has 0 N–H and O–H groups in total. The Labute approximate surface area is 72.5 Å². The van der Waals surface area contributed by atoms with E-state index in [0.717, 1.165) is 11.4 Å². The van der Waals surface area contributed by atoms with Gasteiger partial charge in [0.25, 0.3) is 0 Å². The third-order valence-electron chi connectivity index (χ3n) is 1.43. The van der Waals surface area contributed by atoms with Crippen molar-refractivity contribution in [3.63, 3.8) is 0 Å². The second kappa shape index (κ2) is 4.20. The van der Waals surface area contributed by atoms with E-state index in [0.29, 0.717) is 0 Å². The van der Waals surface area contributed by atoms with Gasteiger partial charge in [0.15, 0.2) is 0 Å². The SMILES string of the molecule is [CH2]C=CCc1ccc(Cl)cc1. The molecule has 1 rings (SSSR count). The molecular formula is C10H10Cl. The average molecular weight is 166 g/mol. The molecule has 0 saturated carbocycles. The van der Waals surface area contributed by atoms with Crippen molar-refractivity contribution < 1.29 is 0 Å². The molecule has 0 amide bonds. The molecule has 0 aliphatic heterocycles. The summed E-state index contributed by atoms with van der Waals surface area (Å²) in [6, 6.07) is 7.83. The lowest BCUT2D eigenvalue weighted by molar-refractivity contribution is 1.27. The summed E-state index contributed by atoms with van der Waals surface area (Å²) in [5.41, 5.74) is 1.26. The quantitative estimate of drug-likeness (QED) is 0.631. The molecule has 57 valence electrons. The van der Waals surface area contributed by atoms with E-state index >= 15 is 0 Å². The zero-order valence-corrected chi connectivity index (χ0v) is 7.01. The summed E-state index contributed by atoms with van der Waals surface area (Å²) in [5.74, 6) is 0. The molecule has 0 spiro atoms. The number of allylic oxidation sites excluding steroid dienone is 2. The number of hydrogen-bond donors (Lipinski definition) is 0. The van der Waals surface area contributed by atoms with Crippen molar-refractivity contribution in [3.05, 3.63) is 53.9 Å². The lowest BCUT2D eigenvalue weighted by atomic mass is 10.1. The first-order valence-electron chi connectivity index (χ1n) is 3.51. The zero-order valence-electron chi connectivity index (χ0n) is 6.26. The Hall–Kier alpha value is -0.750. The third kappa shape index (κ3) is 2.77. The fraction of sp³-hybridized carbons (Fsp3) is 0.100. The Morgan fingerprint density at radius 1 is 1.27 bits per heavy atom. The Bertz CT molecular complexity index is 234. The van der Waals surface area contributed by atoms with Gasteiger partial charge >= 0.3 is 0 Å². The Morgan fingerprint density at radius 3 is 2.45 bits per heavy atom. The highest BCUT2D eigenvalue weighted by atomic mass is 35.5. The molecule has 1 aromatic rings. The maximum Gasteiger partial charge on any atom is 0.0406 e. The lowest BCUT2D eigenvalue weighted by Gasteiger charge is -1.94. The second-order valence-electron chi connectivity index (χ2n) is 2.30. The molecular weight excluding hydrogens is 156 g/mol. The first kappa shape index (κ1) is 8.35. The van der Waals surface area contributed by atoms with E-state index in [-0.39, 0.29) is 0 Å². The van der Waals surface area contributed by atoms with Gasteiger partial charge in [-0.25, -0.2) is 0 Å². The van der Waals surface area contributed by atoms with Gasteiger partial charge in [-0.05, 0) is 31.0 Å². The minimum atomic E-state index is 0.785. The Kier molecular flexibility index (Phi) is 3.18. The van der Waals surface area contributed by atoms with E-state index in [2.05, 4.69) is 6.92 Å². The molecule has 11 heavy (non-hydrogen) atoms. The molecule has 0 heterocycles. The van der Waals surface area contributed by atoms with E-state index < -0.39 is 0 Å². The second-order valence-corrected chi connectivity index (χ2v) is 2.74. The minimum absolute atomic E-state index is 0.785. The predicted octanol–water partition coefficient (Wildman–Crippen LogP) is 3.27. The van der Waals surface area contributed by atoms with Crippen molar-refractivity contribution in [1.29, 1.82) is 0 Å². The maximum atomic E-state index is 5.72. The van der Waals surface area contributed by atoms with Crippen LogP contribution in [-0.2, 0) is 6.42 Å². The summed E-state index contributed by atoms with van der Waals surface area (Å²) in [5, 5.41) is 0.785. The van der Waals surface area contributed by atoms with Crippen LogP contribution >= 0.6 is 11.6 Å². The van der Waals surface area contributed by atoms with Crippen LogP contribution in [0.4, 0.5) is 0 Å². The average Bonchev–Trinajstić information content (AvgIpc) is 2.04. The summed E-state index contributed by atoms with van der Waals surface area (Å²) in [6.07, 6.45) is 4.75. The molecule has 0 bridgehead atoms. The van der Waals surface area contributed by atoms with Gasteiger partial charge in [0.05, 0.1) is 0 Å². The van der Waals surface area contributed by atoms with Gasteiger partial charge < -0.3 is 0 Å². The summed E-state index contributed by atoms with van der Waals surface area (Å²) >= 11 is 5.72. The smallest absolute Gasteiger partial charge is 0.0406 e. The molecule has 1 radical (unpaired) electrons. The van der Waals surface area contributed by atoms with E-state index in [1.165, 1.54) is 5.56 Å². The molecule has 0 fully saturated rings. The monoisotopic (exact) mass is 165 g/mol. The van der Waals surface area contributed by atoms with Crippen LogP contribution in [0.5, 0.6) is 0 Å². The molecule has 0 aliphatic carbocycles. The topological polar surface area (TPSA) is 0 Å². The summed E-state index contributed by atoms with van der Waals surface area (Å²) in [4.78, 5) is 0. The molecule has 0 saturated heterocycles. The first-order chi connectivity index (χ1) is 5.33. The largest absolute Gasteiger partial charge is 0.0879 e. The third-order valence-corrected chi connectivity index (χ3v) is 1.69. The zero-order chi connectivity index (χ0) is 8.10. The molecule has 1 aromatic carbocycles. The first-order valence-corrected chi connectivity index (χ1v) is 3.89. The Morgan fingerprint density at radius 2 is 1.91 bits per heavy atom. The molecule has 1 heteroatoms. The Balaban J connectivity index is 2.66. The molecule has 0 nitrogen and oxygen atoms in total. The van der Waals surface area contributed by atoms with Gasteiger partial charge in [-0.2, -0.15) is 0 Å². The minimum Gasteiger partial charge on any atom is -0.0879 e. The molecule has 0 atom stereocenters. The van der Waals surface area contributed by atoms with Crippen LogP contribution in [0.1, 0.15) is 5.56 Å². The van der Waals surface area contributed by atoms with Gasteiger partial charge in [0, 0.05) is 5.02 Å². The van der Waals surface area contributed by atoms with E-state index in [9.17, 15) is 0 Å². The fourth-order valence-corrected chi connectivity index (χ4v) is 0.966. The van der Waals surface area contributed by atoms with Crippen LogP contribution in [0.15, 0.2) is 36.4 Å². The van der Waals surface area contributed by atoms with Gasteiger partial charge in [-0.3, -0.25) is 0 Å². The van der Waals surface area contributed by atoms with Crippen LogP contribution in [0.25, 0.3) is 0 Å².